The smallest absolute Gasteiger partial charge is 0.323 e. The predicted octanol–water partition coefficient (Wildman–Crippen LogP) is 2.11. The second-order valence-electron chi connectivity index (χ2n) is 5.48. The summed E-state index contributed by atoms with van der Waals surface area (Å²) in [4.78, 5) is 11.5. The molecule has 3 heteroatoms. The Morgan fingerprint density at radius 2 is 2.20 bits per heavy atom. The molecule has 0 spiro atoms. The van der Waals surface area contributed by atoms with E-state index in [1.54, 1.807) is 0 Å². The van der Waals surface area contributed by atoms with Gasteiger partial charge in [-0.2, -0.15) is 0 Å². The highest BCUT2D eigenvalue weighted by molar-refractivity contribution is 5.76. The first-order valence-electron chi connectivity index (χ1n) is 5.89. The van der Waals surface area contributed by atoms with Gasteiger partial charge in [0.25, 0.3) is 0 Å². The Morgan fingerprint density at radius 3 is 2.73 bits per heavy atom. The minimum absolute atomic E-state index is 0.0420. The van der Waals surface area contributed by atoms with Gasteiger partial charge in [0.2, 0.25) is 0 Å². The molecule has 15 heavy (non-hydrogen) atoms. The van der Waals surface area contributed by atoms with Crippen LogP contribution in [0.15, 0.2) is 0 Å². The second kappa shape index (κ2) is 5.50. The SMILES string of the molecule is CC(C)(C)CCCOC(=O)C1CCCN1. The largest absolute Gasteiger partial charge is 0.465 e. The van der Waals surface area contributed by atoms with Crippen LogP contribution in [0.1, 0.15) is 46.5 Å². The number of rotatable bonds is 4. The van der Waals surface area contributed by atoms with E-state index >= 15 is 0 Å². The first kappa shape index (κ1) is 12.5. The minimum Gasteiger partial charge on any atom is -0.465 e. The highest BCUT2D eigenvalue weighted by atomic mass is 16.5. The normalized spacial score (nSPS) is 21.7. The zero-order valence-electron chi connectivity index (χ0n) is 10.1. The molecule has 1 fully saturated rings. The summed E-state index contributed by atoms with van der Waals surface area (Å²) in [6.45, 7) is 8.12. The summed E-state index contributed by atoms with van der Waals surface area (Å²) in [5.41, 5.74) is 0.331. The van der Waals surface area contributed by atoms with Crippen molar-refractivity contribution in [3.63, 3.8) is 0 Å². The molecule has 1 aliphatic rings. The van der Waals surface area contributed by atoms with E-state index in [2.05, 4.69) is 26.1 Å². The summed E-state index contributed by atoms with van der Waals surface area (Å²) in [5, 5.41) is 3.14. The Morgan fingerprint density at radius 1 is 1.47 bits per heavy atom. The molecule has 0 aromatic rings. The van der Waals surface area contributed by atoms with Crippen LogP contribution >= 0.6 is 0 Å². The zero-order valence-corrected chi connectivity index (χ0v) is 10.1. The van der Waals surface area contributed by atoms with Gasteiger partial charge in [0, 0.05) is 0 Å². The van der Waals surface area contributed by atoms with Gasteiger partial charge in [0.15, 0.2) is 0 Å². The molecule has 0 radical (unpaired) electrons. The molecule has 1 atom stereocenters. The van der Waals surface area contributed by atoms with E-state index in [1.165, 1.54) is 0 Å². The van der Waals surface area contributed by atoms with Gasteiger partial charge in [-0.05, 0) is 37.6 Å². The lowest BCUT2D eigenvalue weighted by Crippen LogP contribution is -2.32. The third kappa shape index (κ3) is 5.17. The number of esters is 1. The third-order valence-corrected chi connectivity index (χ3v) is 2.66. The maximum absolute atomic E-state index is 11.5. The molecule has 3 nitrogen and oxygen atoms in total. The van der Waals surface area contributed by atoms with Crippen molar-refractivity contribution in [1.29, 1.82) is 0 Å². The van der Waals surface area contributed by atoms with E-state index in [1.807, 2.05) is 0 Å². The molecule has 1 rings (SSSR count). The maximum atomic E-state index is 11.5. The van der Waals surface area contributed by atoms with Crippen molar-refractivity contribution in [1.82, 2.24) is 5.32 Å². The Kier molecular flexibility index (Phi) is 4.58. The van der Waals surface area contributed by atoms with Crippen LogP contribution in [-0.4, -0.2) is 25.2 Å². The fourth-order valence-corrected chi connectivity index (χ4v) is 1.76. The van der Waals surface area contributed by atoms with Gasteiger partial charge in [-0.15, -0.1) is 0 Å². The molecule has 0 aliphatic carbocycles. The highest BCUT2D eigenvalue weighted by Crippen LogP contribution is 2.20. The van der Waals surface area contributed by atoms with Crippen LogP contribution in [0.5, 0.6) is 0 Å². The van der Waals surface area contributed by atoms with Crippen molar-refractivity contribution < 1.29 is 9.53 Å². The highest BCUT2D eigenvalue weighted by Gasteiger charge is 2.23. The number of carbonyl (C=O) groups excluding carboxylic acids is 1. The number of hydrogen-bond acceptors (Lipinski definition) is 3. The van der Waals surface area contributed by atoms with E-state index < -0.39 is 0 Å². The first-order chi connectivity index (χ1) is 6.99. The Labute approximate surface area is 92.6 Å². The molecule has 88 valence electrons. The summed E-state index contributed by atoms with van der Waals surface area (Å²) in [6, 6.07) is -0.0420. The lowest BCUT2D eigenvalue weighted by Gasteiger charge is -2.18. The summed E-state index contributed by atoms with van der Waals surface area (Å²) in [6.07, 6.45) is 4.07. The first-order valence-corrected chi connectivity index (χ1v) is 5.89. The molecule has 0 saturated carbocycles. The quantitative estimate of drug-likeness (QED) is 0.574. The van der Waals surface area contributed by atoms with Crippen molar-refractivity contribution in [2.45, 2.75) is 52.5 Å². The van der Waals surface area contributed by atoms with Crippen LogP contribution < -0.4 is 5.32 Å². The molecule has 1 aliphatic heterocycles. The van der Waals surface area contributed by atoms with Crippen LogP contribution in [-0.2, 0) is 9.53 Å². The molecule has 1 saturated heterocycles. The predicted molar refractivity (Wildman–Crippen MR) is 60.7 cm³/mol. The van der Waals surface area contributed by atoms with Crippen LogP contribution in [0, 0.1) is 5.41 Å². The molecule has 0 aromatic carbocycles. The van der Waals surface area contributed by atoms with Crippen molar-refractivity contribution in [2.75, 3.05) is 13.2 Å². The Hall–Kier alpha value is -0.570. The van der Waals surface area contributed by atoms with Crippen molar-refractivity contribution >= 4 is 5.97 Å². The maximum Gasteiger partial charge on any atom is 0.323 e. The van der Waals surface area contributed by atoms with Crippen molar-refractivity contribution in [3.8, 4) is 0 Å². The van der Waals surface area contributed by atoms with Gasteiger partial charge in [-0.25, -0.2) is 0 Å². The van der Waals surface area contributed by atoms with Gasteiger partial charge in [-0.1, -0.05) is 20.8 Å². The number of ether oxygens (including phenoxy) is 1. The minimum atomic E-state index is -0.0681. The van der Waals surface area contributed by atoms with Crippen LogP contribution in [0.4, 0.5) is 0 Å². The van der Waals surface area contributed by atoms with E-state index in [-0.39, 0.29) is 12.0 Å². The lowest BCUT2D eigenvalue weighted by molar-refractivity contribution is -0.146. The molecular weight excluding hydrogens is 190 g/mol. The number of carbonyl (C=O) groups is 1. The summed E-state index contributed by atoms with van der Waals surface area (Å²) in [5.74, 6) is -0.0681. The molecule has 1 heterocycles. The summed E-state index contributed by atoms with van der Waals surface area (Å²) in [7, 11) is 0. The van der Waals surface area contributed by atoms with E-state index in [0.717, 1.165) is 32.2 Å². The summed E-state index contributed by atoms with van der Waals surface area (Å²) >= 11 is 0. The molecule has 0 bridgehead atoms. The number of hydrogen-bond donors (Lipinski definition) is 1. The lowest BCUT2D eigenvalue weighted by atomic mass is 9.91. The summed E-state index contributed by atoms with van der Waals surface area (Å²) < 4.78 is 5.22. The van der Waals surface area contributed by atoms with Crippen molar-refractivity contribution in [3.05, 3.63) is 0 Å². The van der Waals surface area contributed by atoms with Crippen LogP contribution in [0.2, 0.25) is 0 Å². The fraction of sp³-hybridized carbons (Fsp3) is 0.917. The molecule has 0 amide bonds. The molecular formula is C12H23NO2. The standard InChI is InChI=1S/C12H23NO2/c1-12(2,3)7-5-9-15-11(14)10-6-4-8-13-10/h10,13H,4-9H2,1-3H3. The van der Waals surface area contributed by atoms with Gasteiger partial charge in [0.1, 0.15) is 6.04 Å². The molecule has 1 unspecified atom stereocenters. The Bertz CT molecular complexity index is 202. The van der Waals surface area contributed by atoms with Gasteiger partial charge in [-0.3, -0.25) is 4.79 Å². The van der Waals surface area contributed by atoms with Crippen LogP contribution in [0.25, 0.3) is 0 Å². The topological polar surface area (TPSA) is 38.3 Å². The second-order valence-corrected chi connectivity index (χ2v) is 5.48. The average Bonchev–Trinajstić information content (AvgIpc) is 2.63. The monoisotopic (exact) mass is 213 g/mol. The molecule has 0 aromatic heterocycles. The Balaban J connectivity index is 2.07. The average molecular weight is 213 g/mol. The zero-order chi connectivity index (χ0) is 11.3. The van der Waals surface area contributed by atoms with Crippen LogP contribution in [0.3, 0.4) is 0 Å². The van der Waals surface area contributed by atoms with E-state index in [9.17, 15) is 4.79 Å². The van der Waals surface area contributed by atoms with Gasteiger partial charge in [0.05, 0.1) is 6.61 Å². The van der Waals surface area contributed by atoms with E-state index in [0.29, 0.717) is 12.0 Å². The van der Waals surface area contributed by atoms with E-state index in [4.69, 9.17) is 4.74 Å². The van der Waals surface area contributed by atoms with Gasteiger partial charge < -0.3 is 10.1 Å². The number of nitrogens with one attached hydrogen (secondary N) is 1. The molecule has 1 N–H and O–H groups in total. The third-order valence-electron chi connectivity index (χ3n) is 2.66. The fourth-order valence-electron chi connectivity index (χ4n) is 1.76. The van der Waals surface area contributed by atoms with Gasteiger partial charge >= 0.3 is 5.97 Å². The van der Waals surface area contributed by atoms with Crippen molar-refractivity contribution in [2.24, 2.45) is 5.41 Å².